The molecule has 0 aromatic heterocycles. The first kappa shape index (κ1) is 14.0. The van der Waals surface area contributed by atoms with Crippen molar-refractivity contribution >= 4 is 17.7 Å². The van der Waals surface area contributed by atoms with Crippen LogP contribution in [-0.4, -0.2) is 49.9 Å². The van der Waals surface area contributed by atoms with E-state index in [9.17, 15) is 14.4 Å². The number of ketones is 1. The summed E-state index contributed by atoms with van der Waals surface area (Å²) in [5.74, 6) is -1.70. The van der Waals surface area contributed by atoms with E-state index in [1.54, 1.807) is 24.3 Å². The van der Waals surface area contributed by atoms with Crippen molar-refractivity contribution in [1.29, 1.82) is 0 Å². The van der Waals surface area contributed by atoms with E-state index < -0.39 is 11.9 Å². The number of benzene rings is 1. The molecule has 0 saturated carbocycles. The summed E-state index contributed by atoms with van der Waals surface area (Å²) in [6.45, 7) is -0.0426. The van der Waals surface area contributed by atoms with Crippen LogP contribution >= 0.6 is 0 Å². The van der Waals surface area contributed by atoms with Gasteiger partial charge in [0.15, 0.2) is 5.78 Å². The van der Waals surface area contributed by atoms with Gasteiger partial charge in [-0.1, -0.05) is 12.1 Å². The number of carbonyl (C=O) groups is 3. The Morgan fingerprint density at radius 1 is 1.25 bits per heavy atom. The van der Waals surface area contributed by atoms with E-state index in [4.69, 9.17) is 4.74 Å². The summed E-state index contributed by atoms with van der Waals surface area (Å²) < 4.78 is 9.69. The van der Waals surface area contributed by atoms with Gasteiger partial charge in [-0.25, -0.2) is 0 Å². The topological polar surface area (TPSA) is 72.9 Å². The maximum Gasteiger partial charge on any atom is 0.318 e. The molecule has 1 unspecified atom stereocenters. The number of hydrogen-bond acceptors (Lipinski definition) is 5. The lowest BCUT2D eigenvalue weighted by Crippen LogP contribution is -2.30. The molecule has 2 rings (SSSR count). The van der Waals surface area contributed by atoms with Gasteiger partial charge in [0.25, 0.3) is 5.91 Å². The zero-order valence-corrected chi connectivity index (χ0v) is 11.3. The Morgan fingerprint density at radius 3 is 2.60 bits per heavy atom. The maximum absolute atomic E-state index is 12.4. The van der Waals surface area contributed by atoms with Crippen LogP contribution < -0.4 is 4.74 Å². The fraction of sp³-hybridized carbons (Fsp3) is 0.357. The number of para-hydroxylation sites is 1. The molecule has 0 bridgehead atoms. The first-order chi connectivity index (χ1) is 9.58. The normalized spacial score (nSPS) is 18.0. The van der Waals surface area contributed by atoms with Gasteiger partial charge in [-0.2, -0.15) is 0 Å². The highest BCUT2D eigenvalue weighted by molar-refractivity contribution is 6.06. The van der Waals surface area contributed by atoms with Crippen molar-refractivity contribution in [3.05, 3.63) is 29.8 Å². The van der Waals surface area contributed by atoms with E-state index in [-0.39, 0.29) is 24.8 Å². The number of nitrogens with zero attached hydrogens (tertiary/aromatic N) is 1. The minimum absolute atomic E-state index is 0.0440. The van der Waals surface area contributed by atoms with Crippen LogP contribution in [0.1, 0.15) is 10.4 Å². The van der Waals surface area contributed by atoms with E-state index in [2.05, 4.69) is 4.74 Å². The third-order valence-electron chi connectivity index (χ3n) is 3.25. The second-order valence-corrected chi connectivity index (χ2v) is 4.43. The number of esters is 1. The highest BCUT2D eigenvalue weighted by Crippen LogP contribution is 2.22. The lowest BCUT2D eigenvalue weighted by molar-refractivity contribution is -0.147. The highest BCUT2D eigenvalue weighted by Gasteiger charge is 2.39. The Hall–Kier alpha value is -2.37. The zero-order chi connectivity index (χ0) is 14.7. The number of rotatable bonds is 3. The molecule has 0 aliphatic carbocycles. The fourth-order valence-electron chi connectivity index (χ4n) is 2.18. The van der Waals surface area contributed by atoms with E-state index in [0.717, 1.165) is 0 Å². The quantitative estimate of drug-likeness (QED) is 0.594. The molecule has 1 amide bonds. The molecule has 0 N–H and O–H groups in total. The smallest absolute Gasteiger partial charge is 0.318 e. The molecule has 1 heterocycles. The summed E-state index contributed by atoms with van der Waals surface area (Å²) in [5.41, 5.74) is 0.369. The van der Waals surface area contributed by atoms with Crippen molar-refractivity contribution in [3.8, 4) is 5.75 Å². The first-order valence-corrected chi connectivity index (χ1v) is 6.11. The highest BCUT2D eigenvalue weighted by atomic mass is 16.5. The van der Waals surface area contributed by atoms with Gasteiger partial charge in [0.05, 0.1) is 26.3 Å². The molecule has 1 aromatic rings. The van der Waals surface area contributed by atoms with Crippen molar-refractivity contribution in [2.24, 2.45) is 5.92 Å². The van der Waals surface area contributed by atoms with Crippen LogP contribution in [0.3, 0.4) is 0 Å². The second kappa shape index (κ2) is 5.73. The van der Waals surface area contributed by atoms with Gasteiger partial charge in [0.2, 0.25) is 0 Å². The van der Waals surface area contributed by atoms with Crippen LogP contribution in [0, 0.1) is 5.92 Å². The van der Waals surface area contributed by atoms with Crippen molar-refractivity contribution < 1.29 is 23.9 Å². The van der Waals surface area contributed by atoms with E-state index >= 15 is 0 Å². The van der Waals surface area contributed by atoms with E-state index in [1.165, 1.54) is 19.1 Å². The molecule has 1 atom stereocenters. The van der Waals surface area contributed by atoms with Crippen molar-refractivity contribution in [3.63, 3.8) is 0 Å². The van der Waals surface area contributed by atoms with Crippen molar-refractivity contribution in [2.45, 2.75) is 0 Å². The van der Waals surface area contributed by atoms with Crippen LogP contribution in [0.4, 0.5) is 0 Å². The van der Waals surface area contributed by atoms with Gasteiger partial charge in [0.1, 0.15) is 11.7 Å². The summed E-state index contributed by atoms with van der Waals surface area (Å²) in [5, 5.41) is 0. The van der Waals surface area contributed by atoms with Gasteiger partial charge in [0, 0.05) is 6.54 Å². The largest absolute Gasteiger partial charge is 0.496 e. The molecular weight excluding hydrogens is 262 g/mol. The molecule has 20 heavy (non-hydrogen) atoms. The van der Waals surface area contributed by atoms with Crippen LogP contribution in [0.5, 0.6) is 5.75 Å². The van der Waals surface area contributed by atoms with Crippen LogP contribution in [-0.2, 0) is 14.3 Å². The predicted molar refractivity (Wildman–Crippen MR) is 69.4 cm³/mol. The Kier molecular flexibility index (Phi) is 4.02. The number of likely N-dealkylation sites (tertiary alicyclic amines) is 1. The van der Waals surface area contributed by atoms with Crippen LogP contribution in [0.25, 0.3) is 0 Å². The first-order valence-electron chi connectivity index (χ1n) is 6.11. The standard InChI is InChI=1S/C14H15NO5/c1-19-12-6-4-3-5-9(12)13(17)15-7-10(11(16)8-15)14(18)20-2/h3-6,10H,7-8H2,1-2H3. The molecule has 6 nitrogen and oxygen atoms in total. The number of carbonyl (C=O) groups excluding carboxylic acids is 3. The number of amides is 1. The lowest BCUT2D eigenvalue weighted by Gasteiger charge is -2.16. The molecule has 1 fully saturated rings. The molecular formula is C14H15NO5. The summed E-state index contributed by atoms with van der Waals surface area (Å²) in [6, 6.07) is 6.76. The number of methoxy groups -OCH3 is 2. The average Bonchev–Trinajstić information content (AvgIpc) is 2.87. The zero-order valence-electron chi connectivity index (χ0n) is 11.3. The molecule has 0 spiro atoms. The molecule has 106 valence electrons. The second-order valence-electron chi connectivity index (χ2n) is 4.43. The summed E-state index contributed by atoms with van der Waals surface area (Å²) in [7, 11) is 2.69. The molecule has 1 aliphatic heterocycles. The minimum Gasteiger partial charge on any atom is -0.496 e. The molecule has 0 radical (unpaired) electrons. The molecule has 1 saturated heterocycles. The van der Waals surface area contributed by atoms with Crippen LogP contribution in [0.2, 0.25) is 0 Å². The number of hydrogen-bond donors (Lipinski definition) is 0. The van der Waals surface area contributed by atoms with Gasteiger partial charge >= 0.3 is 5.97 Å². The maximum atomic E-state index is 12.4. The van der Waals surface area contributed by atoms with E-state index in [1.807, 2.05) is 0 Å². The molecule has 6 heteroatoms. The summed E-state index contributed by atoms with van der Waals surface area (Å²) >= 11 is 0. The van der Waals surface area contributed by atoms with Crippen molar-refractivity contribution in [1.82, 2.24) is 4.90 Å². The number of ether oxygens (including phenoxy) is 2. The van der Waals surface area contributed by atoms with Gasteiger partial charge in [-0.3, -0.25) is 14.4 Å². The fourth-order valence-corrected chi connectivity index (χ4v) is 2.18. The predicted octanol–water partition coefficient (Wildman–Crippen LogP) is 0.509. The summed E-state index contributed by atoms with van der Waals surface area (Å²) in [6.07, 6.45) is 0. The monoisotopic (exact) mass is 277 g/mol. The van der Waals surface area contributed by atoms with Crippen molar-refractivity contribution in [2.75, 3.05) is 27.3 Å². The summed E-state index contributed by atoms with van der Waals surface area (Å²) in [4.78, 5) is 36.9. The van der Waals surface area contributed by atoms with Gasteiger partial charge in [-0.15, -0.1) is 0 Å². The Labute approximate surface area is 116 Å². The van der Waals surface area contributed by atoms with Gasteiger partial charge < -0.3 is 14.4 Å². The van der Waals surface area contributed by atoms with Crippen LogP contribution in [0.15, 0.2) is 24.3 Å². The number of Topliss-reactive ketones (excluding diaryl/α,β-unsaturated/α-hetero) is 1. The lowest BCUT2D eigenvalue weighted by atomic mass is 10.1. The average molecular weight is 277 g/mol. The molecule has 1 aromatic carbocycles. The molecule has 1 aliphatic rings. The Balaban J connectivity index is 2.19. The third-order valence-corrected chi connectivity index (χ3v) is 3.25. The van der Waals surface area contributed by atoms with E-state index in [0.29, 0.717) is 11.3 Å². The van der Waals surface area contributed by atoms with Gasteiger partial charge in [-0.05, 0) is 12.1 Å². The Bertz CT molecular complexity index is 554. The minimum atomic E-state index is -0.890. The third kappa shape index (κ3) is 2.49. The SMILES string of the molecule is COC(=O)C1CN(C(=O)c2ccccc2OC)CC1=O. The Morgan fingerprint density at radius 2 is 1.95 bits per heavy atom.